The van der Waals surface area contributed by atoms with E-state index in [4.69, 9.17) is 0 Å². The van der Waals surface area contributed by atoms with Crippen molar-refractivity contribution in [3.8, 4) is 0 Å². The maximum atomic E-state index is 9.23. The number of hydrogen-bond donors (Lipinski definition) is 2. The van der Waals surface area contributed by atoms with Crippen LogP contribution in [0.2, 0.25) is 0 Å². The normalized spacial score (nSPS) is 36.8. The highest BCUT2D eigenvalue weighted by atomic mass is 16.3. The summed E-state index contributed by atoms with van der Waals surface area (Å²) in [4.78, 5) is 0. The zero-order valence-electron chi connectivity index (χ0n) is 10.6. The maximum Gasteiger partial charge on any atom is 0.0584 e. The van der Waals surface area contributed by atoms with E-state index in [2.05, 4.69) is 12.2 Å². The van der Waals surface area contributed by atoms with Crippen LogP contribution in [0.3, 0.4) is 0 Å². The number of fused-ring (bicyclic) bond motifs is 1. The van der Waals surface area contributed by atoms with Crippen molar-refractivity contribution < 1.29 is 5.11 Å². The van der Waals surface area contributed by atoms with E-state index in [1.807, 2.05) is 0 Å². The van der Waals surface area contributed by atoms with Gasteiger partial charge >= 0.3 is 0 Å². The highest BCUT2D eigenvalue weighted by Gasteiger charge is 2.32. The van der Waals surface area contributed by atoms with Gasteiger partial charge in [-0.25, -0.2) is 0 Å². The first-order chi connectivity index (χ1) is 7.83. The molecule has 2 aliphatic rings. The Labute approximate surface area is 99.8 Å². The number of aliphatic hydroxyl groups is 1. The predicted molar refractivity (Wildman–Crippen MR) is 67.4 cm³/mol. The fraction of sp³-hybridized carbons (Fsp3) is 1.00. The van der Waals surface area contributed by atoms with Gasteiger partial charge in [-0.1, -0.05) is 32.6 Å². The minimum Gasteiger partial charge on any atom is -0.395 e. The van der Waals surface area contributed by atoms with E-state index in [9.17, 15) is 5.11 Å². The molecule has 2 aliphatic carbocycles. The van der Waals surface area contributed by atoms with Gasteiger partial charge in [-0.3, -0.25) is 0 Å². The lowest BCUT2D eigenvalue weighted by atomic mass is 9.69. The van der Waals surface area contributed by atoms with Gasteiger partial charge in [-0.05, 0) is 37.5 Å². The van der Waals surface area contributed by atoms with E-state index in [0.29, 0.717) is 18.7 Å². The Morgan fingerprint density at radius 2 is 1.88 bits per heavy atom. The first-order valence-corrected chi connectivity index (χ1v) is 7.20. The van der Waals surface area contributed by atoms with Gasteiger partial charge in [0.1, 0.15) is 0 Å². The second-order valence-corrected chi connectivity index (χ2v) is 5.77. The molecule has 0 amide bonds. The SMILES string of the molecule is CC[C@@H](CO)NC1CCC2CCCCC2C1. The fourth-order valence-electron chi connectivity index (χ4n) is 3.66. The van der Waals surface area contributed by atoms with Crippen LogP contribution in [-0.2, 0) is 0 Å². The highest BCUT2D eigenvalue weighted by Crippen LogP contribution is 2.40. The van der Waals surface area contributed by atoms with Crippen molar-refractivity contribution in [2.45, 2.75) is 70.4 Å². The molecule has 0 radical (unpaired) electrons. The standard InChI is InChI=1S/C14H27NO/c1-2-13(10-16)15-14-8-7-11-5-3-4-6-12(11)9-14/h11-16H,2-10H2,1H3/t11?,12?,13-,14?/m0/s1. The molecule has 2 rings (SSSR count). The summed E-state index contributed by atoms with van der Waals surface area (Å²) in [6.45, 7) is 2.45. The molecule has 0 bridgehead atoms. The van der Waals surface area contributed by atoms with E-state index in [1.54, 1.807) is 0 Å². The van der Waals surface area contributed by atoms with Crippen molar-refractivity contribution in [2.75, 3.05) is 6.61 Å². The average Bonchev–Trinajstić information content (AvgIpc) is 2.35. The van der Waals surface area contributed by atoms with E-state index < -0.39 is 0 Å². The Kier molecular flexibility index (Phi) is 4.66. The van der Waals surface area contributed by atoms with Crippen LogP contribution < -0.4 is 5.32 Å². The minimum absolute atomic E-state index is 0.293. The van der Waals surface area contributed by atoms with Crippen molar-refractivity contribution in [1.29, 1.82) is 0 Å². The summed E-state index contributed by atoms with van der Waals surface area (Å²) in [6, 6.07) is 1.00. The summed E-state index contributed by atoms with van der Waals surface area (Å²) < 4.78 is 0. The molecule has 2 N–H and O–H groups in total. The Morgan fingerprint density at radius 3 is 2.56 bits per heavy atom. The fourth-order valence-corrected chi connectivity index (χ4v) is 3.66. The topological polar surface area (TPSA) is 32.3 Å². The molecule has 16 heavy (non-hydrogen) atoms. The van der Waals surface area contributed by atoms with Crippen molar-refractivity contribution in [2.24, 2.45) is 11.8 Å². The number of nitrogens with one attached hydrogen (secondary N) is 1. The Bertz CT molecular complexity index is 203. The number of rotatable bonds is 4. The Morgan fingerprint density at radius 1 is 1.12 bits per heavy atom. The van der Waals surface area contributed by atoms with Gasteiger partial charge in [-0.2, -0.15) is 0 Å². The lowest BCUT2D eigenvalue weighted by Gasteiger charge is -2.40. The molecule has 2 saturated carbocycles. The molecule has 0 aromatic carbocycles. The second-order valence-electron chi connectivity index (χ2n) is 5.77. The maximum absolute atomic E-state index is 9.23. The molecule has 0 heterocycles. The largest absolute Gasteiger partial charge is 0.395 e. The summed E-state index contributed by atoms with van der Waals surface area (Å²) >= 11 is 0. The third-order valence-corrected chi connectivity index (χ3v) is 4.72. The van der Waals surface area contributed by atoms with Gasteiger partial charge in [0.2, 0.25) is 0 Å². The summed E-state index contributed by atoms with van der Waals surface area (Å²) in [7, 11) is 0. The molecule has 2 heteroatoms. The van der Waals surface area contributed by atoms with E-state index in [-0.39, 0.29) is 0 Å². The molecule has 2 fully saturated rings. The summed E-state index contributed by atoms with van der Waals surface area (Å²) in [5.74, 6) is 2.01. The molecule has 3 unspecified atom stereocenters. The monoisotopic (exact) mass is 225 g/mol. The number of aliphatic hydroxyl groups excluding tert-OH is 1. The van der Waals surface area contributed by atoms with Gasteiger partial charge in [0.05, 0.1) is 6.61 Å². The molecule has 0 aromatic rings. The molecule has 2 nitrogen and oxygen atoms in total. The van der Waals surface area contributed by atoms with Crippen molar-refractivity contribution in [1.82, 2.24) is 5.32 Å². The lowest BCUT2D eigenvalue weighted by Crippen LogP contribution is -2.44. The summed E-state index contributed by atoms with van der Waals surface area (Å²) in [6.07, 6.45) is 11.0. The Hall–Kier alpha value is -0.0800. The highest BCUT2D eigenvalue weighted by molar-refractivity contribution is 4.87. The molecule has 0 spiro atoms. The van der Waals surface area contributed by atoms with Crippen LogP contribution in [0, 0.1) is 11.8 Å². The number of hydrogen-bond acceptors (Lipinski definition) is 2. The van der Waals surface area contributed by atoms with E-state index in [0.717, 1.165) is 18.3 Å². The van der Waals surface area contributed by atoms with Crippen LogP contribution in [0.15, 0.2) is 0 Å². The zero-order valence-corrected chi connectivity index (χ0v) is 10.6. The molecule has 0 aromatic heterocycles. The van der Waals surface area contributed by atoms with Crippen LogP contribution in [0.25, 0.3) is 0 Å². The third kappa shape index (κ3) is 2.98. The quantitative estimate of drug-likeness (QED) is 0.771. The van der Waals surface area contributed by atoms with Crippen molar-refractivity contribution in [3.63, 3.8) is 0 Å². The van der Waals surface area contributed by atoms with E-state index in [1.165, 1.54) is 44.9 Å². The zero-order chi connectivity index (χ0) is 11.4. The van der Waals surface area contributed by atoms with Gasteiger partial charge < -0.3 is 10.4 Å². The van der Waals surface area contributed by atoms with Gasteiger partial charge in [0.25, 0.3) is 0 Å². The first-order valence-electron chi connectivity index (χ1n) is 7.20. The Balaban J connectivity index is 1.80. The van der Waals surface area contributed by atoms with Crippen LogP contribution in [0.4, 0.5) is 0 Å². The van der Waals surface area contributed by atoms with Crippen LogP contribution in [0.1, 0.15) is 58.3 Å². The van der Waals surface area contributed by atoms with Gasteiger partial charge in [-0.15, -0.1) is 0 Å². The lowest BCUT2D eigenvalue weighted by molar-refractivity contribution is 0.128. The molecule has 0 aliphatic heterocycles. The molecular formula is C14H27NO. The van der Waals surface area contributed by atoms with E-state index >= 15 is 0 Å². The van der Waals surface area contributed by atoms with Crippen LogP contribution in [0.5, 0.6) is 0 Å². The summed E-state index contributed by atoms with van der Waals surface area (Å²) in [5, 5.41) is 12.9. The van der Waals surface area contributed by atoms with Gasteiger partial charge in [0.15, 0.2) is 0 Å². The molecular weight excluding hydrogens is 198 g/mol. The predicted octanol–water partition coefficient (Wildman–Crippen LogP) is 2.71. The van der Waals surface area contributed by atoms with Crippen LogP contribution >= 0.6 is 0 Å². The average molecular weight is 225 g/mol. The molecule has 4 atom stereocenters. The molecule has 94 valence electrons. The third-order valence-electron chi connectivity index (χ3n) is 4.72. The summed E-state index contributed by atoms with van der Waals surface area (Å²) in [5.41, 5.74) is 0. The van der Waals surface area contributed by atoms with Crippen molar-refractivity contribution in [3.05, 3.63) is 0 Å². The van der Waals surface area contributed by atoms with Crippen molar-refractivity contribution >= 4 is 0 Å². The first kappa shape index (κ1) is 12.4. The second kappa shape index (κ2) is 6.02. The smallest absolute Gasteiger partial charge is 0.0584 e. The molecule has 0 saturated heterocycles. The van der Waals surface area contributed by atoms with Gasteiger partial charge in [0, 0.05) is 12.1 Å². The van der Waals surface area contributed by atoms with Crippen LogP contribution in [-0.4, -0.2) is 23.8 Å². The minimum atomic E-state index is 0.293.